The first-order valence-electron chi connectivity index (χ1n) is 7.02. The summed E-state index contributed by atoms with van der Waals surface area (Å²) in [6, 6.07) is 4.05. The van der Waals surface area contributed by atoms with E-state index in [1.807, 2.05) is 0 Å². The molecule has 0 radical (unpaired) electrons. The smallest absolute Gasteiger partial charge is 0.338 e. The number of allylic oxidation sites excluding steroid dienone is 1. The Kier molecular flexibility index (Phi) is 4.16. The van der Waals surface area contributed by atoms with Crippen molar-refractivity contribution in [2.24, 2.45) is 0 Å². The third-order valence-corrected chi connectivity index (χ3v) is 4.16. The normalized spacial score (nSPS) is 16.8. The van der Waals surface area contributed by atoms with Gasteiger partial charge in [-0.15, -0.1) is 0 Å². The molecular weight excluding hydrogens is 367 g/mol. The molecule has 1 aliphatic rings. The lowest BCUT2D eigenvalue weighted by atomic mass is 9.96. The molecule has 0 fully saturated rings. The van der Waals surface area contributed by atoms with Crippen LogP contribution in [0, 0.1) is 5.82 Å². The van der Waals surface area contributed by atoms with Crippen molar-refractivity contribution in [3.05, 3.63) is 51.6 Å². The van der Waals surface area contributed by atoms with Crippen LogP contribution in [0.5, 0.6) is 0 Å². The Morgan fingerprint density at radius 3 is 3.00 bits per heavy atom. The van der Waals surface area contributed by atoms with E-state index >= 15 is 0 Å². The Hall–Kier alpha value is -2.22. The van der Waals surface area contributed by atoms with Crippen LogP contribution >= 0.6 is 15.9 Å². The Morgan fingerprint density at radius 2 is 2.30 bits per heavy atom. The molecule has 0 spiro atoms. The molecule has 1 aromatic heterocycles. The van der Waals surface area contributed by atoms with E-state index in [2.05, 4.69) is 31.3 Å². The summed E-state index contributed by atoms with van der Waals surface area (Å²) in [6.45, 7) is 3.78. The molecular formula is C15H14BrFN4O2. The third-order valence-electron chi connectivity index (χ3n) is 3.55. The molecule has 0 saturated heterocycles. The number of esters is 1. The predicted molar refractivity (Wildman–Crippen MR) is 85.2 cm³/mol. The summed E-state index contributed by atoms with van der Waals surface area (Å²) in [4.78, 5) is 16.5. The van der Waals surface area contributed by atoms with Gasteiger partial charge in [0, 0.05) is 5.70 Å². The number of carbonyl (C=O) groups excluding carboxylic acids is 1. The summed E-state index contributed by atoms with van der Waals surface area (Å²) in [5, 5.41) is 7.22. The van der Waals surface area contributed by atoms with Crippen LogP contribution < -0.4 is 5.32 Å². The number of benzene rings is 1. The summed E-state index contributed by atoms with van der Waals surface area (Å²) < 4.78 is 20.6. The van der Waals surface area contributed by atoms with Crippen LogP contribution in [-0.4, -0.2) is 27.3 Å². The topological polar surface area (TPSA) is 69.0 Å². The highest BCUT2D eigenvalue weighted by Gasteiger charge is 2.34. The molecule has 0 saturated carbocycles. The van der Waals surface area contributed by atoms with E-state index in [0.29, 0.717) is 27.3 Å². The van der Waals surface area contributed by atoms with Gasteiger partial charge in [-0.3, -0.25) is 0 Å². The lowest BCUT2D eigenvalue weighted by molar-refractivity contribution is -0.139. The third kappa shape index (κ3) is 2.74. The van der Waals surface area contributed by atoms with Crippen LogP contribution in [0.2, 0.25) is 0 Å². The van der Waals surface area contributed by atoms with Gasteiger partial charge >= 0.3 is 5.97 Å². The molecule has 1 N–H and O–H groups in total. The van der Waals surface area contributed by atoms with Crippen molar-refractivity contribution in [1.82, 2.24) is 14.8 Å². The van der Waals surface area contributed by atoms with Crippen LogP contribution in [0.3, 0.4) is 0 Å². The molecule has 1 aromatic carbocycles. The number of fused-ring (bicyclic) bond motifs is 1. The maximum atomic E-state index is 13.6. The molecule has 1 atom stereocenters. The molecule has 8 heteroatoms. The van der Waals surface area contributed by atoms with Gasteiger partial charge in [0.2, 0.25) is 5.95 Å². The van der Waals surface area contributed by atoms with E-state index in [4.69, 9.17) is 4.74 Å². The van der Waals surface area contributed by atoms with Crippen molar-refractivity contribution in [1.29, 1.82) is 0 Å². The summed E-state index contributed by atoms with van der Waals surface area (Å²) >= 11 is 3.18. The van der Waals surface area contributed by atoms with Crippen LogP contribution in [-0.2, 0) is 9.53 Å². The number of ether oxygens (including phenoxy) is 1. The van der Waals surface area contributed by atoms with Gasteiger partial charge in [-0.1, -0.05) is 6.07 Å². The molecule has 2 heterocycles. The van der Waals surface area contributed by atoms with Crippen molar-refractivity contribution in [2.75, 3.05) is 11.9 Å². The predicted octanol–water partition coefficient (Wildman–Crippen LogP) is 3.03. The number of nitrogens with zero attached hydrogens (tertiary/aromatic N) is 3. The van der Waals surface area contributed by atoms with Crippen molar-refractivity contribution >= 4 is 27.8 Å². The number of rotatable bonds is 3. The van der Waals surface area contributed by atoms with Gasteiger partial charge in [-0.25, -0.2) is 13.9 Å². The van der Waals surface area contributed by atoms with Gasteiger partial charge in [0.05, 0.1) is 16.7 Å². The number of aromatic nitrogens is 3. The maximum Gasteiger partial charge on any atom is 0.338 e. The van der Waals surface area contributed by atoms with Crippen LogP contribution in [0.1, 0.15) is 25.5 Å². The summed E-state index contributed by atoms with van der Waals surface area (Å²) in [6.07, 6.45) is 1.40. The second-order valence-corrected chi connectivity index (χ2v) is 5.84. The van der Waals surface area contributed by atoms with Gasteiger partial charge in [-0.05, 0) is 47.5 Å². The molecule has 0 amide bonds. The average molecular weight is 381 g/mol. The van der Waals surface area contributed by atoms with Gasteiger partial charge in [0.1, 0.15) is 18.2 Å². The number of carbonyl (C=O) groups is 1. The standard InChI is InChI=1S/C15H14BrFN4O2/c1-3-23-14(22)12-8(2)20-15-18-7-19-21(15)13(12)9-4-5-11(17)10(16)6-9/h4-7,13H,3H2,1-2H3,(H,18,19,20). The fourth-order valence-electron chi connectivity index (χ4n) is 2.55. The van der Waals surface area contributed by atoms with E-state index in [9.17, 15) is 9.18 Å². The summed E-state index contributed by atoms with van der Waals surface area (Å²) in [5.74, 6) is -0.301. The molecule has 6 nitrogen and oxygen atoms in total. The molecule has 120 valence electrons. The van der Waals surface area contributed by atoms with Gasteiger partial charge in [0.15, 0.2) is 0 Å². The van der Waals surface area contributed by atoms with Gasteiger partial charge in [0.25, 0.3) is 0 Å². The van der Waals surface area contributed by atoms with E-state index in [-0.39, 0.29) is 12.4 Å². The number of hydrogen-bond acceptors (Lipinski definition) is 5. The lowest BCUT2D eigenvalue weighted by Crippen LogP contribution is -2.29. The highest BCUT2D eigenvalue weighted by molar-refractivity contribution is 9.10. The Balaban J connectivity index is 2.16. The maximum absolute atomic E-state index is 13.6. The quantitative estimate of drug-likeness (QED) is 0.828. The zero-order valence-electron chi connectivity index (χ0n) is 12.5. The van der Waals surface area contributed by atoms with Crippen molar-refractivity contribution in [3.8, 4) is 0 Å². The first-order chi connectivity index (χ1) is 11.0. The van der Waals surface area contributed by atoms with E-state index in [1.54, 1.807) is 30.7 Å². The summed E-state index contributed by atoms with van der Waals surface area (Å²) in [7, 11) is 0. The monoisotopic (exact) mass is 380 g/mol. The zero-order chi connectivity index (χ0) is 16.6. The Bertz CT molecular complexity index is 803. The molecule has 0 bridgehead atoms. The molecule has 1 aliphatic heterocycles. The number of halogens is 2. The largest absolute Gasteiger partial charge is 0.463 e. The molecule has 3 rings (SSSR count). The van der Waals surface area contributed by atoms with Crippen molar-refractivity contribution < 1.29 is 13.9 Å². The van der Waals surface area contributed by atoms with Crippen molar-refractivity contribution in [3.63, 3.8) is 0 Å². The molecule has 1 unspecified atom stereocenters. The number of anilines is 1. The molecule has 23 heavy (non-hydrogen) atoms. The number of nitrogens with one attached hydrogen (secondary N) is 1. The van der Waals surface area contributed by atoms with Gasteiger partial charge in [-0.2, -0.15) is 10.1 Å². The average Bonchev–Trinajstić information content (AvgIpc) is 2.96. The van der Waals surface area contributed by atoms with Gasteiger partial charge < -0.3 is 10.1 Å². The Morgan fingerprint density at radius 1 is 1.52 bits per heavy atom. The van der Waals surface area contributed by atoms with E-state index < -0.39 is 12.0 Å². The summed E-state index contributed by atoms with van der Waals surface area (Å²) in [5.41, 5.74) is 1.76. The Labute approximate surface area is 140 Å². The van der Waals surface area contributed by atoms with Crippen LogP contribution in [0.4, 0.5) is 10.3 Å². The number of hydrogen-bond donors (Lipinski definition) is 1. The minimum absolute atomic E-state index is 0.264. The lowest BCUT2D eigenvalue weighted by Gasteiger charge is -2.28. The highest BCUT2D eigenvalue weighted by atomic mass is 79.9. The molecule has 0 aliphatic carbocycles. The van der Waals surface area contributed by atoms with Crippen LogP contribution in [0.25, 0.3) is 0 Å². The highest BCUT2D eigenvalue weighted by Crippen LogP contribution is 2.36. The first kappa shape index (κ1) is 15.7. The fourth-order valence-corrected chi connectivity index (χ4v) is 2.95. The van der Waals surface area contributed by atoms with E-state index in [1.165, 1.54) is 12.4 Å². The second-order valence-electron chi connectivity index (χ2n) is 4.99. The van der Waals surface area contributed by atoms with Crippen molar-refractivity contribution in [2.45, 2.75) is 19.9 Å². The van der Waals surface area contributed by atoms with E-state index in [0.717, 1.165) is 0 Å². The fraction of sp³-hybridized carbons (Fsp3) is 0.267. The minimum atomic E-state index is -0.537. The molecule has 2 aromatic rings. The second kappa shape index (κ2) is 6.11. The van der Waals surface area contributed by atoms with Crippen LogP contribution in [0.15, 0.2) is 40.3 Å². The first-order valence-corrected chi connectivity index (χ1v) is 7.81. The SMILES string of the molecule is CCOC(=O)C1=C(C)Nc2ncnn2C1c1ccc(F)c(Br)c1. The zero-order valence-corrected chi connectivity index (χ0v) is 14.1. The minimum Gasteiger partial charge on any atom is -0.463 e.